The van der Waals surface area contributed by atoms with Crippen LogP contribution in [0.3, 0.4) is 0 Å². The van der Waals surface area contributed by atoms with Crippen LogP contribution in [-0.2, 0) is 18.4 Å². The number of aliphatic hydroxyl groups is 1. The largest absolute Gasteiger partial charge is 0.472 e. The Hall–Kier alpha value is -1.54. The molecule has 0 aromatic rings. The first kappa shape index (κ1) is 46.5. The van der Waals surface area contributed by atoms with Gasteiger partial charge in [-0.3, -0.25) is 13.8 Å². The Balaban J connectivity index is 4.63. The first-order chi connectivity index (χ1) is 23.0. The Labute approximate surface area is 295 Å². The van der Waals surface area contributed by atoms with Crippen molar-refractivity contribution in [1.82, 2.24) is 5.32 Å². The zero-order chi connectivity index (χ0) is 35.8. The second kappa shape index (κ2) is 31.4. The Bertz CT molecular complexity index is 928. The van der Waals surface area contributed by atoms with Crippen LogP contribution < -0.4 is 5.32 Å². The number of hydrogen-bond acceptors (Lipinski definition) is 5. The zero-order valence-corrected chi connectivity index (χ0v) is 32.4. The van der Waals surface area contributed by atoms with Crippen molar-refractivity contribution in [3.05, 3.63) is 48.6 Å². The number of phosphoric acid groups is 1. The predicted molar refractivity (Wildman–Crippen MR) is 203 cm³/mol. The molecule has 280 valence electrons. The van der Waals surface area contributed by atoms with E-state index in [0.717, 1.165) is 64.2 Å². The van der Waals surface area contributed by atoms with E-state index in [1.807, 2.05) is 27.2 Å². The number of quaternary nitrogens is 1. The smallest absolute Gasteiger partial charge is 0.387 e. The van der Waals surface area contributed by atoms with Crippen LogP contribution in [0.15, 0.2) is 48.6 Å². The summed E-state index contributed by atoms with van der Waals surface area (Å²) in [6.45, 7) is 4.69. The van der Waals surface area contributed by atoms with Crippen LogP contribution in [0.1, 0.15) is 142 Å². The summed E-state index contributed by atoms with van der Waals surface area (Å²) in [4.78, 5) is 23.0. The van der Waals surface area contributed by atoms with Gasteiger partial charge in [-0.1, -0.05) is 127 Å². The van der Waals surface area contributed by atoms with Crippen LogP contribution in [0.4, 0.5) is 0 Å². The van der Waals surface area contributed by atoms with Gasteiger partial charge >= 0.3 is 7.82 Å². The van der Waals surface area contributed by atoms with Crippen molar-refractivity contribution in [2.24, 2.45) is 0 Å². The number of carbonyl (C=O) groups is 1. The molecular formula is C39H74N2O6P+. The molecule has 0 fully saturated rings. The van der Waals surface area contributed by atoms with E-state index < -0.39 is 20.0 Å². The Morgan fingerprint density at radius 3 is 1.85 bits per heavy atom. The van der Waals surface area contributed by atoms with Gasteiger partial charge in [0, 0.05) is 6.42 Å². The minimum absolute atomic E-state index is 0.0515. The second-order valence-corrected chi connectivity index (χ2v) is 15.4. The van der Waals surface area contributed by atoms with E-state index >= 15 is 0 Å². The molecule has 0 aromatic heterocycles. The van der Waals surface area contributed by atoms with Crippen LogP contribution in [0.25, 0.3) is 0 Å². The third-order valence-electron chi connectivity index (χ3n) is 8.02. The molecule has 0 heterocycles. The molecule has 3 atom stereocenters. The van der Waals surface area contributed by atoms with Gasteiger partial charge in [0.1, 0.15) is 13.2 Å². The summed E-state index contributed by atoms with van der Waals surface area (Å²) in [5.74, 6) is -0.206. The lowest BCUT2D eigenvalue weighted by Gasteiger charge is -2.25. The molecule has 0 bridgehead atoms. The molecule has 0 aliphatic heterocycles. The number of amides is 1. The first-order valence-corrected chi connectivity index (χ1v) is 20.5. The van der Waals surface area contributed by atoms with Gasteiger partial charge in [-0.25, -0.2) is 4.57 Å². The van der Waals surface area contributed by atoms with Crippen molar-refractivity contribution in [2.75, 3.05) is 40.9 Å². The van der Waals surface area contributed by atoms with Crippen molar-refractivity contribution >= 4 is 13.7 Å². The van der Waals surface area contributed by atoms with Crippen LogP contribution in [-0.4, -0.2) is 73.4 Å². The summed E-state index contributed by atoms with van der Waals surface area (Å²) in [7, 11) is 1.53. The summed E-state index contributed by atoms with van der Waals surface area (Å²) >= 11 is 0. The molecule has 1 amide bonds. The average Bonchev–Trinajstić information content (AvgIpc) is 3.02. The summed E-state index contributed by atoms with van der Waals surface area (Å²) < 4.78 is 23.4. The lowest BCUT2D eigenvalue weighted by Crippen LogP contribution is -2.45. The second-order valence-electron chi connectivity index (χ2n) is 13.9. The predicted octanol–water partition coefficient (Wildman–Crippen LogP) is 9.74. The highest BCUT2D eigenvalue weighted by atomic mass is 31.2. The van der Waals surface area contributed by atoms with Crippen molar-refractivity contribution in [3.8, 4) is 0 Å². The van der Waals surface area contributed by atoms with Crippen molar-refractivity contribution in [1.29, 1.82) is 0 Å². The summed E-state index contributed by atoms with van der Waals surface area (Å²) in [6.07, 6.45) is 37.4. The SMILES string of the molecule is CCCC/C=C\C/C=C\CCCCCCCC(=O)NC(COP(=O)(O)OCC[N+](C)(C)C)C(O)/C=C/CC/C=C/CCCCCCCC. The van der Waals surface area contributed by atoms with Crippen molar-refractivity contribution < 1.29 is 32.9 Å². The fourth-order valence-corrected chi connectivity index (χ4v) is 5.63. The fraction of sp³-hybridized carbons (Fsp3) is 0.769. The number of hydrogen-bond donors (Lipinski definition) is 3. The number of rotatable bonds is 33. The normalized spacial score (nSPS) is 15.2. The highest BCUT2D eigenvalue weighted by Gasteiger charge is 2.27. The zero-order valence-electron chi connectivity index (χ0n) is 31.5. The Morgan fingerprint density at radius 2 is 1.23 bits per heavy atom. The summed E-state index contributed by atoms with van der Waals surface area (Å²) in [6, 6.07) is -0.868. The van der Waals surface area contributed by atoms with Gasteiger partial charge in [-0.15, -0.1) is 0 Å². The van der Waals surface area contributed by atoms with Crippen LogP contribution in [0, 0.1) is 0 Å². The first-order valence-electron chi connectivity index (χ1n) is 19.0. The molecule has 0 radical (unpaired) electrons. The van der Waals surface area contributed by atoms with E-state index in [1.165, 1.54) is 57.8 Å². The molecule has 8 nitrogen and oxygen atoms in total. The maximum absolute atomic E-state index is 12.8. The molecule has 3 unspecified atom stereocenters. The Kier molecular flexibility index (Phi) is 30.4. The highest BCUT2D eigenvalue weighted by molar-refractivity contribution is 7.47. The van der Waals surface area contributed by atoms with Gasteiger partial charge in [0.25, 0.3) is 0 Å². The molecule has 3 N–H and O–H groups in total. The fourth-order valence-electron chi connectivity index (χ4n) is 4.89. The molecule has 9 heteroatoms. The summed E-state index contributed by atoms with van der Waals surface area (Å²) in [5.41, 5.74) is 0. The molecule has 0 aromatic carbocycles. The van der Waals surface area contributed by atoms with E-state index in [-0.39, 0.29) is 19.1 Å². The number of allylic oxidation sites excluding steroid dienone is 7. The molecule has 0 saturated heterocycles. The van der Waals surface area contributed by atoms with Gasteiger partial charge in [0.05, 0.1) is 39.9 Å². The molecule has 0 aliphatic carbocycles. The van der Waals surface area contributed by atoms with E-state index in [0.29, 0.717) is 17.4 Å². The van der Waals surface area contributed by atoms with Crippen molar-refractivity contribution in [2.45, 2.75) is 154 Å². The third kappa shape index (κ3) is 33.0. The maximum atomic E-state index is 12.8. The lowest BCUT2D eigenvalue weighted by atomic mass is 10.1. The van der Waals surface area contributed by atoms with Gasteiger partial charge in [-0.2, -0.15) is 0 Å². The molecule has 0 rings (SSSR count). The van der Waals surface area contributed by atoms with Crippen LogP contribution >= 0.6 is 7.82 Å². The quantitative estimate of drug-likeness (QED) is 0.0273. The molecule has 48 heavy (non-hydrogen) atoms. The maximum Gasteiger partial charge on any atom is 0.472 e. The van der Waals surface area contributed by atoms with Gasteiger partial charge in [-0.05, 0) is 57.8 Å². The standard InChI is InChI=1S/C39H73N2O6P/c1-6-8-10-12-14-16-18-20-21-23-25-27-29-31-33-39(43)40-37(36-47-48(44,45)46-35-34-41(3,4)5)38(42)32-30-28-26-24-22-19-17-15-13-11-9-7-2/h12,14,18,20,22,24,30,32,37-38,42H,6-11,13,15-17,19,21,23,25-29,31,33-36H2,1-5H3,(H-,40,43,44,45)/p+1/b14-12-,20-18-,24-22+,32-30+. The Morgan fingerprint density at radius 1 is 0.708 bits per heavy atom. The van der Waals surface area contributed by atoms with Gasteiger partial charge < -0.3 is 19.8 Å². The number of nitrogens with zero attached hydrogens (tertiary/aromatic N) is 1. The molecule has 0 aliphatic rings. The highest BCUT2D eigenvalue weighted by Crippen LogP contribution is 2.43. The van der Waals surface area contributed by atoms with Crippen LogP contribution in [0.5, 0.6) is 0 Å². The third-order valence-corrected chi connectivity index (χ3v) is 9.01. The number of carbonyl (C=O) groups excluding carboxylic acids is 1. The number of nitrogens with one attached hydrogen (secondary N) is 1. The number of likely N-dealkylation sites (N-methyl/N-ethyl adjacent to an activating group) is 1. The number of phosphoric ester groups is 1. The number of aliphatic hydroxyl groups excluding tert-OH is 1. The average molecular weight is 698 g/mol. The van der Waals surface area contributed by atoms with Crippen LogP contribution in [0.2, 0.25) is 0 Å². The van der Waals surface area contributed by atoms with E-state index in [1.54, 1.807) is 6.08 Å². The molecule has 0 saturated carbocycles. The number of unbranched alkanes of at least 4 members (excludes halogenated alkanes) is 14. The van der Waals surface area contributed by atoms with Crippen molar-refractivity contribution in [3.63, 3.8) is 0 Å². The minimum Gasteiger partial charge on any atom is -0.387 e. The topological polar surface area (TPSA) is 105 Å². The van der Waals surface area contributed by atoms with E-state index in [2.05, 4.69) is 55.6 Å². The minimum atomic E-state index is -4.34. The molecule has 0 spiro atoms. The monoisotopic (exact) mass is 698 g/mol. The molecular weight excluding hydrogens is 623 g/mol. The van der Waals surface area contributed by atoms with Gasteiger partial charge in [0.15, 0.2) is 0 Å². The summed E-state index contributed by atoms with van der Waals surface area (Å²) in [5, 5.41) is 13.7. The van der Waals surface area contributed by atoms with E-state index in [4.69, 9.17) is 9.05 Å². The lowest BCUT2D eigenvalue weighted by molar-refractivity contribution is -0.870. The van der Waals surface area contributed by atoms with Gasteiger partial charge in [0.2, 0.25) is 5.91 Å². The van der Waals surface area contributed by atoms with E-state index in [9.17, 15) is 19.4 Å².